The van der Waals surface area contributed by atoms with Crippen LogP contribution >= 0.6 is 0 Å². The van der Waals surface area contributed by atoms with Gasteiger partial charge in [-0.3, -0.25) is 4.79 Å². The van der Waals surface area contributed by atoms with Crippen molar-refractivity contribution in [2.45, 2.75) is 19.8 Å². The highest BCUT2D eigenvalue weighted by atomic mass is 16.6. The number of rotatable bonds is 7. The molecule has 5 heteroatoms. The summed E-state index contributed by atoms with van der Waals surface area (Å²) in [4.78, 5) is 22.4. The first-order valence-corrected chi connectivity index (χ1v) is 6.21. The highest BCUT2D eigenvalue weighted by Gasteiger charge is 2.04. The van der Waals surface area contributed by atoms with Crippen molar-refractivity contribution in [3.05, 3.63) is 29.8 Å². The molecule has 0 aliphatic carbocycles. The lowest BCUT2D eigenvalue weighted by molar-refractivity contribution is -0.138. The van der Waals surface area contributed by atoms with Crippen molar-refractivity contribution in [2.24, 2.45) is 0 Å². The Morgan fingerprint density at radius 1 is 1.32 bits per heavy atom. The Balaban J connectivity index is 2.47. The van der Waals surface area contributed by atoms with Gasteiger partial charge in [-0.05, 0) is 24.1 Å². The van der Waals surface area contributed by atoms with Crippen molar-refractivity contribution >= 4 is 11.9 Å². The van der Waals surface area contributed by atoms with Crippen molar-refractivity contribution in [2.75, 3.05) is 20.3 Å². The number of hydrogen-bond donors (Lipinski definition) is 1. The molecule has 1 rings (SSSR count). The molecule has 0 aliphatic heterocycles. The van der Waals surface area contributed by atoms with E-state index in [4.69, 9.17) is 4.74 Å². The third kappa shape index (κ3) is 6.01. The first kappa shape index (κ1) is 15.2. The van der Waals surface area contributed by atoms with Gasteiger partial charge in [0.1, 0.15) is 12.4 Å². The molecular weight excluding hydrogens is 246 g/mol. The van der Waals surface area contributed by atoms with Crippen LogP contribution in [0.3, 0.4) is 0 Å². The van der Waals surface area contributed by atoms with Gasteiger partial charge < -0.3 is 14.8 Å². The van der Waals surface area contributed by atoms with Gasteiger partial charge in [-0.15, -0.1) is 0 Å². The summed E-state index contributed by atoms with van der Waals surface area (Å²) in [6.07, 6.45) is 1.18. The molecule has 0 saturated heterocycles. The van der Waals surface area contributed by atoms with Gasteiger partial charge in [0.25, 0.3) is 0 Å². The highest BCUT2D eigenvalue weighted by Crippen LogP contribution is 2.13. The van der Waals surface area contributed by atoms with Crippen LogP contribution in [-0.4, -0.2) is 32.1 Å². The molecule has 1 aromatic rings. The van der Waals surface area contributed by atoms with Crippen LogP contribution in [0.2, 0.25) is 0 Å². The first-order valence-electron chi connectivity index (χ1n) is 6.21. The van der Waals surface area contributed by atoms with E-state index < -0.39 is 5.97 Å². The van der Waals surface area contributed by atoms with Crippen LogP contribution in [0.4, 0.5) is 0 Å². The maximum absolute atomic E-state index is 11.3. The van der Waals surface area contributed by atoms with Crippen LogP contribution in [0.1, 0.15) is 18.9 Å². The quantitative estimate of drug-likeness (QED) is 0.596. The highest BCUT2D eigenvalue weighted by molar-refractivity contribution is 5.75. The molecule has 0 bridgehead atoms. The first-order chi connectivity index (χ1) is 9.15. The largest absolute Gasteiger partial charge is 0.425 e. The summed E-state index contributed by atoms with van der Waals surface area (Å²) < 4.78 is 9.78. The minimum absolute atomic E-state index is 0.0303. The minimum atomic E-state index is -0.432. The van der Waals surface area contributed by atoms with Crippen LogP contribution in [0, 0.1) is 0 Å². The molecule has 19 heavy (non-hydrogen) atoms. The summed E-state index contributed by atoms with van der Waals surface area (Å²) in [6.45, 7) is 2.31. The third-order valence-corrected chi connectivity index (χ3v) is 2.45. The lowest BCUT2D eigenvalue weighted by atomic mass is 10.1. The molecule has 0 atom stereocenters. The Bertz CT molecular complexity index is 431. The summed E-state index contributed by atoms with van der Waals surface area (Å²) in [5.74, 6) is 0.0861. The second-order valence-corrected chi connectivity index (χ2v) is 4.01. The van der Waals surface area contributed by atoms with E-state index in [-0.39, 0.29) is 12.5 Å². The third-order valence-electron chi connectivity index (χ3n) is 2.45. The Hall–Kier alpha value is -1.88. The molecule has 0 spiro atoms. The predicted molar refractivity (Wildman–Crippen MR) is 71.0 cm³/mol. The summed E-state index contributed by atoms with van der Waals surface area (Å²) in [6, 6.07) is 7.23. The number of benzene rings is 1. The fraction of sp³-hybridized carbons (Fsp3) is 0.429. The molecule has 5 nitrogen and oxygen atoms in total. The van der Waals surface area contributed by atoms with Gasteiger partial charge in [0, 0.05) is 20.1 Å². The van der Waals surface area contributed by atoms with E-state index in [1.807, 2.05) is 19.1 Å². The van der Waals surface area contributed by atoms with E-state index in [9.17, 15) is 9.59 Å². The molecule has 0 heterocycles. The van der Waals surface area contributed by atoms with E-state index in [1.54, 1.807) is 12.1 Å². The van der Waals surface area contributed by atoms with Crippen molar-refractivity contribution in [3.63, 3.8) is 0 Å². The molecule has 0 aliphatic rings. The van der Waals surface area contributed by atoms with E-state index >= 15 is 0 Å². The van der Waals surface area contributed by atoms with E-state index in [0.717, 1.165) is 5.56 Å². The summed E-state index contributed by atoms with van der Waals surface area (Å²) in [5.41, 5.74) is 0.999. The molecular formula is C14H19NO4. The second kappa shape index (κ2) is 8.26. The van der Waals surface area contributed by atoms with Gasteiger partial charge in [-0.1, -0.05) is 19.1 Å². The van der Waals surface area contributed by atoms with Crippen LogP contribution in [0.5, 0.6) is 5.75 Å². The summed E-state index contributed by atoms with van der Waals surface area (Å²) in [5, 5.41) is 2.79. The molecule has 1 aromatic carbocycles. The number of carbonyl (C=O) groups excluding carboxylic acids is 2. The molecule has 0 aromatic heterocycles. The minimum Gasteiger partial charge on any atom is -0.425 e. The number of nitrogens with one attached hydrogen (secondary N) is 1. The van der Waals surface area contributed by atoms with Crippen LogP contribution < -0.4 is 10.1 Å². The second-order valence-electron chi connectivity index (χ2n) is 4.01. The number of ether oxygens (including phenoxy) is 2. The SMILES string of the molecule is CCC(=O)NCCc1cccc(OC(=O)COC)c1. The van der Waals surface area contributed by atoms with E-state index in [2.05, 4.69) is 10.1 Å². The van der Waals surface area contributed by atoms with Crippen molar-refractivity contribution < 1.29 is 19.1 Å². The van der Waals surface area contributed by atoms with Gasteiger partial charge >= 0.3 is 5.97 Å². The average molecular weight is 265 g/mol. The number of methoxy groups -OCH3 is 1. The molecule has 0 fully saturated rings. The lowest BCUT2D eigenvalue weighted by Gasteiger charge is -2.07. The molecule has 1 amide bonds. The average Bonchev–Trinajstić information content (AvgIpc) is 2.39. The Morgan fingerprint density at radius 3 is 2.79 bits per heavy atom. The molecule has 0 unspecified atom stereocenters. The lowest BCUT2D eigenvalue weighted by Crippen LogP contribution is -2.24. The predicted octanol–water partition coefficient (Wildman–Crippen LogP) is 1.31. The van der Waals surface area contributed by atoms with Crippen molar-refractivity contribution in [1.29, 1.82) is 0 Å². The fourth-order valence-electron chi connectivity index (χ4n) is 1.51. The summed E-state index contributed by atoms with van der Waals surface area (Å²) in [7, 11) is 1.44. The normalized spacial score (nSPS) is 10.0. The Kier molecular flexibility index (Phi) is 6.60. The van der Waals surface area contributed by atoms with Gasteiger partial charge in [0.05, 0.1) is 0 Å². The topological polar surface area (TPSA) is 64.6 Å². The van der Waals surface area contributed by atoms with Gasteiger partial charge in [-0.25, -0.2) is 4.79 Å². The van der Waals surface area contributed by atoms with E-state index in [0.29, 0.717) is 25.1 Å². The zero-order valence-electron chi connectivity index (χ0n) is 11.3. The van der Waals surface area contributed by atoms with Crippen molar-refractivity contribution in [3.8, 4) is 5.75 Å². The van der Waals surface area contributed by atoms with Crippen LogP contribution in [0.25, 0.3) is 0 Å². The number of hydrogen-bond acceptors (Lipinski definition) is 4. The zero-order chi connectivity index (χ0) is 14.1. The molecule has 1 N–H and O–H groups in total. The summed E-state index contributed by atoms with van der Waals surface area (Å²) >= 11 is 0. The number of amides is 1. The zero-order valence-corrected chi connectivity index (χ0v) is 11.3. The maximum Gasteiger partial charge on any atom is 0.337 e. The van der Waals surface area contributed by atoms with Crippen molar-refractivity contribution in [1.82, 2.24) is 5.32 Å². The molecule has 0 radical (unpaired) electrons. The smallest absolute Gasteiger partial charge is 0.337 e. The number of carbonyl (C=O) groups is 2. The van der Waals surface area contributed by atoms with E-state index in [1.165, 1.54) is 7.11 Å². The standard InChI is InChI=1S/C14H19NO4/c1-3-13(16)15-8-7-11-5-4-6-12(9-11)19-14(17)10-18-2/h4-6,9H,3,7-8,10H2,1-2H3,(H,15,16). The Morgan fingerprint density at radius 2 is 2.11 bits per heavy atom. The fourth-order valence-corrected chi connectivity index (χ4v) is 1.51. The molecule has 104 valence electrons. The molecule has 0 saturated carbocycles. The van der Waals surface area contributed by atoms with Gasteiger partial charge in [0.2, 0.25) is 5.91 Å². The van der Waals surface area contributed by atoms with Crippen LogP contribution in [0.15, 0.2) is 24.3 Å². The number of esters is 1. The monoisotopic (exact) mass is 265 g/mol. The van der Waals surface area contributed by atoms with Gasteiger partial charge in [0.15, 0.2) is 0 Å². The Labute approximate surface area is 112 Å². The maximum atomic E-state index is 11.3. The van der Waals surface area contributed by atoms with Gasteiger partial charge in [-0.2, -0.15) is 0 Å². The van der Waals surface area contributed by atoms with Crippen LogP contribution in [-0.2, 0) is 20.7 Å².